The van der Waals surface area contributed by atoms with Crippen LogP contribution in [0.5, 0.6) is 0 Å². The number of nitrogens with one attached hydrogen (secondary N) is 1. The smallest absolute Gasteiger partial charge is 0.236 e. The lowest BCUT2D eigenvalue weighted by Crippen LogP contribution is -2.41. The van der Waals surface area contributed by atoms with Crippen molar-refractivity contribution in [3.63, 3.8) is 0 Å². The molecule has 7 heteroatoms. The largest absolute Gasteiger partial charge is 0.354 e. The van der Waals surface area contributed by atoms with Gasteiger partial charge >= 0.3 is 0 Å². The van der Waals surface area contributed by atoms with Crippen molar-refractivity contribution in [2.45, 2.75) is 45.1 Å². The lowest BCUT2D eigenvalue weighted by atomic mass is 10.1. The van der Waals surface area contributed by atoms with Crippen LogP contribution in [0.1, 0.15) is 38.3 Å². The highest BCUT2D eigenvalue weighted by molar-refractivity contribution is 7.13. The Kier molecular flexibility index (Phi) is 8.00. The minimum absolute atomic E-state index is 0. The van der Waals surface area contributed by atoms with Gasteiger partial charge in [-0.3, -0.25) is 4.79 Å². The van der Waals surface area contributed by atoms with Gasteiger partial charge in [0.15, 0.2) is 5.13 Å². The van der Waals surface area contributed by atoms with Crippen LogP contribution < -0.4 is 16.0 Å². The summed E-state index contributed by atoms with van der Waals surface area (Å²) in [6.07, 6.45) is 4.97. The molecule has 0 spiro atoms. The topological polar surface area (TPSA) is 71.2 Å². The quantitative estimate of drug-likeness (QED) is 0.800. The van der Waals surface area contributed by atoms with Crippen LogP contribution in [0, 0.1) is 0 Å². The van der Waals surface area contributed by atoms with E-state index in [1.807, 2.05) is 6.92 Å². The van der Waals surface area contributed by atoms with Gasteiger partial charge in [-0.2, -0.15) is 0 Å². The third kappa shape index (κ3) is 5.45. The van der Waals surface area contributed by atoms with E-state index < -0.39 is 0 Å². The van der Waals surface area contributed by atoms with Crippen LogP contribution in [-0.2, 0) is 11.2 Å². The summed E-state index contributed by atoms with van der Waals surface area (Å²) < 4.78 is 0. The molecule has 2 rings (SSSR count). The fraction of sp³-hybridized carbons (Fsp3) is 0.714. The molecule has 0 radical (unpaired) electrons. The molecule has 1 unspecified atom stereocenters. The molecule has 21 heavy (non-hydrogen) atoms. The van der Waals surface area contributed by atoms with Crippen LogP contribution in [0.25, 0.3) is 0 Å². The molecule has 5 nitrogen and oxygen atoms in total. The number of thiazole rings is 1. The summed E-state index contributed by atoms with van der Waals surface area (Å²) in [5.41, 5.74) is 6.82. The molecular weight excluding hydrogens is 308 g/mol. The molecular formula is C14H25ClN4OS. The van der Waals surface area contributed by atoms with Crippen molar-refractivity contribution in [1.29, 1.82) is 0 Å². The number of carbonyl (C=O) groups excluding carboxylic acids is 1. The van der Waals surface area contributed by atoms with Crippen LogP contribution in [-0.4, -0.2) is 36.6 Å². The molecule has 1 saturated heterocycles. The maximum Gasteiger partial charge on any atom is 0.236 e. The first-order valence-corrected chi connectivity index (χ1v) is 8.31. The third-order valence-corrected chi connectivity index (χ3v) is 4.48. The Morgan fingerprint density at radius 3 is 2.90 bits per heavy atom. The Hall–Kier alpha value is -0.850. The van der Waals surface area contributed by atoms with E-state index in [0.29, 0.717) is 6.54 Å². The van der Waals surface area contributed by atoms with Gasteiger partial charge in [0, 0.05) is 31.4 Å². The van der Waals surface area contributed by atoms with Crippen LogP contribution in [0.3, 0.4) is 0 Å². The van der Waals surface area contributed by atoms with E-state index in [9.17, 15) is 4.79 Å². The molecule has 1 aromatic rings. The number of halogens is 1. The molecule has 1 atom stereocenters. The first-order valence-electron chi connectivity index (χ1n) is 7.43. The normalized spacial score (nSPS) is 15.6. The summed E-state index contributed by atoms with van der Waals surface area (Å²) >= 11 is 1.70. The Morgan fingerprint density at radius 2 is 2.24 bits per heavy atom. The molecule has 1 aliphatic rings. The SMILES string of the molecule is CCCC(N)C(=O)NCCc1csc(N2CCCC2)n1.Cl. The zero-order valence-corrected chi connectivity index (χ0v) is 14.1. The van der Waals surface area contributed by atoms with Crippen molar-refractivity contribution in [2.75, 3.05) is 24.5 Å². The molecule has 0 bridgehead atoms. The average molecular weight is 333 g/mol. The molecule has 1 aromatic heterocycles. The van der Waals surface area contributed by atoms with E-state index >= 15 is 0 Å². The molecule has 0 saturated carbocycles. The summed E-state index contributed by atoms with van der Waals surface area (Å²) in [6, 6.07) is -0.379. The number of amides is 1. The van der Waals surface area contributed by atoms with Gasteiger partial charge in [0.25, 0.3) is 0 Å². The van der Waals surface area contributed by atoms with Gasteiger partial charge in [-0.1, -0.05) is 13.3 Å². The highest BCUT2D eigenvalue weighted by Gasteiger charge is 2.16. The van der Waals surface area contributed by atoms with Crippen LogP contribution >= 0.6 is 23.7 Å². The van der Waals surface area contributed by atoms with Crippen molar-refractivity contribution < 1.29 is 4.79 Å². The number of carbonyl (C=O) groups is 1. The fourth-order valence-corrected chi connectivity index (χ4v) is 3.27. The lowest BCUT2D eigenvalue weighted by Gasteiger charge is -2.12. The van der Waals surface area contributed by atoms with Crippen molar-refractivity contribution in [3.8, 4) is 0 Å². The van der Waals surface area contributed by atoms with Crippen molar-refractivity contribution in [2.24, 2.45) is 5.73 Å². The molecule has 0 aromatic carbocycles. The minimum Gasteiger partial charge on any atom is -0.354 e. The third-order valence-electron chi connectivity index (χ3n) is 3.53. The number of nitrogens with two attached hydrogens (primary N) is 1. The molecule has 1 fully saturated rings. The molecule has 1 amide bonds. The maximum absolute atomic E-state index is 11.7. The first-order chi connectivity index (χ1) is 9.70. The summed E-state index contributed by atoms with van der Waals surface area (Å²) in [7, 11) is 0. The van der Waals surface area contributed by atoms with E-state index in [1.54, 1.807) is 11.3 Å². The van der Waals surface area contributed by atoms with E-state index in [0.717, 1.165) is 43.2 Å². The molecule has 1 aliphatic heterocycles. The Balaban J connectivity index is 0.00000220. The second kappa shape index (κ2) is 9.23. The molecule has 0 aliphatic carbocycles. The predicted octanol–water partition coefficient (Wildman–Crippen LogP) is 1.95. The number of rotatable bonds is 7. The standard InChI is InChI=1S/C14H24N4OS.ClH/c1-2-5-12(15)13(19)16-7-6-11-10-20-14(17-11)18-8-3-4-9-18;/h10,12H,2-9,15H2,1H3,(H,16,19);1H. The van der Waals surface area contributed by atoms with E-state index in [1.165, 1.54) is 12.8 Å². The van der Waals surface area contributed by atoms with Crippen LogP contribution in [0.4, 0.5) is 5.13 Å². The van der Waals surface area contributed by atoms with Crippen molar-refractivity contribution in [1.82, 2.24) is 10.3 Å². The molecule has 2 heterocycles. The van der Waals surface area contributed by atoms with Gasteiger partial charge in [0.2, 0.25) is 5.91 Å². The van der Waals surface area contributed by atoms with E-state index in [-0.39, 0.29) is 24.4 Å². The van der Waals surface area contributed by atoms with Gasteiger partial charge in [-0.25, -0.2) is 4.98 Å². The molecule has 3 N–H and O–H groups in total. The highest BCUT2D eigenvalue weighted by Crippen LogP contribution is 2.24. The van der Waals surface area contributed by atoms with E-state index in [2.05, 4.69) is 20.6 Å². The number of anilines is 1. The second-order valence-corrected chi connectivity index (χ2v) is 6.09. The lowest BCUT2D eigenvalue weighted by molar-refractivity contribution is -0.122. The van der Waals surface area contributed by atoms with Crippen molar-refractivity contribution >= 4 is 34.8 Å². The summed E-state index contributed by atoms with van der Waals surface area (Å²) in [5.74, 6) is -0.0538. The van der Waals surface area contributed by atoms with Gasteiger partial charge in [0.05, 0.1) is 11.7 Å². The molecule has 120 valence electrons. The Morgan fingerprint density at radius 1 is 1.52 bits per heavy atom. The average Bonchev–Trinajstić information content (AvgIpc) is 3.09. The van der Waals surface area contributed by atoms with Gasteiger partial charge in [0.1, 0.15) is 0 Å². The fourth-order valence-electron chi connectivity index (χ4n) is 2.35. The van der Waals surface area contributed by atoms with Crippen LogP contribution in [0.2, 0.25) is 0 Å². The monoisotopic (exact) mass is 332 g/mol. The Labute approximate surface area is 136 Å². The van der Waals surface area contributed by atoms with Crippen molar-refractivity contribution in [3.05, 3.63) is 11.1 Å². The second-order valence-electron chi connectivity index (χ2n) is 5.25. The summed E-state index contributed by atoms with van der Waals surface area (Å²) in [5, 5.41) is 6.09. The van der Waals surface area contributed by atoms with E-state index in [4.69, 9.17) is 5.73 Å². The van der Waals surface area contributed by atoms with Crippen LogP contribution in [0.15, 0.2) is 5.38 Å². The number of hydrogen-bond donors (Lipinski definition) is 2. The zero-order valence-electron chi connectivity index (χ0n) is 12.5. The zero-order chi connectivity index (χ0) is 14.4. The number of hydrogen-bond acceptors (Lipinski definition) is 5. The number of aromatic nitrogens is 1. The number of nitrogens with zero attached hydrogens (tertiary/aromatic N) is 2. The van der Waals surface area contributed by atoms with Gasteiger partial charge in [-0.05, 0) is 19.3 Å². The summed E-state index contributed by atoms with van der Waals surface area (Å²) in [4.78, 5) is 18.6. The summed E-state index contributed by atoms with van der Waals surface area (Å²) in [6.45, 7) is 4.88. The maximum atomic E-state index is 11.7. The predicted molar refractivity (Wildman–Crippen MR) is 90.4 cm³/mol. The highest BCUT2D eigenvalue weighted by atomic mass is 35.5. The minimum atomic E-state index is -0.379. The van der Waals surface area contributed by atoms with Gasteiger partial charge < -0.3 is 16.0 Å². The Bertz CT molecular complexity index is 434. The first kappa shape index (κ1) is 18.2. The van der Waals surface area contributed by atoms with Gasteiger partial charge in [-0.15, -0.1) is 23.7 Å².